The number of anilines is 6. The van der Waals surface area contributed by atoms with E-state index in [1.165, 1.54) is 110 Å². The molecule has 2 heteroatoms. The maximum atomic E-state index is 2.42. The van der Waals surface area contributed by atoms with Crippen LogP contribution in [0.2, 0.25) is 0 Å². The number of hydrogen-bond donors (Lipinski definition) is 0. The lowest BCUT2D eigenvalue weighted by Crippen LogP contribution is -2.16. The number of benzene rings is 12. The van der Waals surface area contributed by atoms with Crippen LogP contribution < -0.4 is 9.80 Å². The highest BCUT2D eigenvalue weighted by atomic mass is 15.1. The molecule has 0 spiro atoms. The normalized spacial score (nSPS) is 13.7. The second kappa shape index (κ2) is 18.7. The van der Waals surface area contributed by atoms with E-state index in [-0.39, 0.29) is 10.8 Å². The Morgan fingerprint density at radius 3 is 1.01 bits per heavy atom. The zero-order valence-corrected chi connectivity index (χ0v) is 44.5. The summed E-state index contributed by atoms with van der Waals surface area (Å²) >= 11 is 0. The van der Waals surface area contributed by atoms with Gasteiger partial charge in [-0.25, -0.2) is 0 Å². The third-order valence-electron chi connectivity index (χ3n) is 16.8. The van der Waals surface area contributed by atoms with Crippen molar-refractivity contribution in [2.24, 2.45) is 0 Å². The molecule has 2 aliphatic carbocycles. The van der Waals surface area contributed by atoms with E-state index in [1.807, 2.05) is 0 Å². The fourth-order valence-corrected chi connectivity index (χ4v) is 12.7. The third kappa shape index (κ3) is 8.03. The Bertz CT molecular complexity index is 4090. The second-order valence-electron chi connectivity index (χ2n) is 22.2. The molecule has 2 nitrogen and oxygen atoms in total. The predicted molar refractivity (Wildman–Crippen MR) is 334 cm³/mol. The molecular formula is C76H58N2. The van der Waals surface area contributed by atoms with Crippen LogP contribution in [0.25, 0.3) is 78.9 Å². The quantitative estimate of drug-likeness (QED) is 0.126. The number of nitrogens with zero attached hydrogens (tertiary/aromatic N) is 2. The lowest BCUT2D eigenvalue weighted by atomic mass is 9.81. The van der Waals surface area contributed by atoms with Crippen LogP contribution in [-0.4, -0.2) is 0 Å². The summed E-state index contributed by atoms with van der Waals surface area (Å²) in [5.74, 6) is 0. The van der Waals surface area contributed by atoms with Gasteiger partial charge in [0, 0.05) is 44.4 Å². The van der Waals surface area contributed by atoms with Gasteiger partial charge in [-0.1, -0.05) is 234 Å². The Balaban J connectivity index is 0.694. The molecule has 0 fully saturated rings. The van der Waals surface area contributed by atoms with E-state index in [1.54, 1.807) is 0 Å². The highest BCUT2D eigenvalue weighted by Crippen LogP contribution is 2.53. The monoisotopic (exact) mass is 998 g/mol. The van der Waals surface area contributed by atoms with Crippen molar-refractivity contribution in [3.8, 4) is 22.3 Å². The summed E-state index contributed by atoms with van der Waals surface area (Å²) in [4.78, 5) is 4.82. The molecule has 0 aromatic heterocycles. The summed E-state index contributed by atoms with van der Waals surface area (Å²) in [7, 11) is 0. The van der Waals surface area contributed by atoms with E-state index in [9.17, 15) is 0 Å². The average Bonchev–Trinajstić information content (AvgIpc) is 3.93. The van der Waals surface area contributed by atoms with Gasteiger partial charge < -0.3 is 9.80 Å². The summed E-state index contributed by atoms with van der Waals surface area (Å²) < 4.78 is 0. The molecule has 12 aromatic carbocycles. The molecule has 78 heavy (non-hydrogen) atoms. The summed E-state index contributed by atoms with van der Waals surface area (Å²) in [5.41, 5.74) is 22.0. The molecule has 0 heterocycles. The first-order chi connectivity index (χ1) is 38.2. The minimum Gasteiger partial charge on any atom is -0.310 e. The maximum Gasteiger partial charge on any atom is 0.0540 e. The average molecular weight is 999 g/mol. The summed E-state index contributed by atoms with van der Waals surface area (Å²) in [5, 5.41) is 7.38. The Hall–Kier alpha value is -9.50. The van der Waals surface area contributed by atoms with E-state index in [2.05, 4.69) is 317 Å². The van der Waals surface area contributed by atoms with Crippen LogP contribution in [0.5, 0.6) is 0 Å². The molecule has 0 aliphatic heterocycles. The van der Waals surface area contributed by atoms with Crippen LogP contribution in [0, 0.1) is 0 Å². The van der Waals surface area contributed by atoms with Crippen LogP contribution in [0.15, 0.2) is 255 Å². The number of hydrogen-bond acceptors (Lipinski definition) is 2. The zero-order chi connectivity index (χ0) is 52.5. The fourth-order valence-electron chi connectivity index (χ4n) is 12.7. The summed E-state index contributed by atoms with van der Waals surface area (Å²) in [6.45, 7) is 9.50. The van der Waals surface area contributed by atoms with Crippen LogP contribution in [-0.2, 0) is 10.8 Å². The number of rotatable bonds is 10. The smallest absolute Gasteiger partial charge is 0.0540 e. The minimum absolute atomic E-state index is 0.181. The first kappa shape index (κ1) is 47.0. The molecule has 0 bridgehead atoms. The number of fused-ring (bicyclic) bond motifs is 9. The first-order valence-electron chi connectivity index (χ1n) is 27.3. The molecule has 372 valence electrons. The van der Waals surface area contributed by atoms with Gasteiger partial charge in [-0.3, -0.25) is 0 Å². The van der Waals surface area contributed by atoms with E-state index < -0.39 is 0 Å². The van der Waals surface area contributed by atoms with Gasteiger partial charge in [-0.05, 0) is 161 Å². The van der Waals surface area contributed by atoms with Gasteiger partial charge in [-0.2, -0.15) is 0 Å². The Kier molecular flexibility index (Phi) is 11.2. The van der Waals surface area contributed by atoms with Crippen molar-refractivity contribution in [3.63, 3.8) is 0 Å². The van der Waals surface area contributed by atoms with E-state index >= 15 is 0 Å². The summed E-state index contributed by atoms with van der Waals surface area (Å²) in [6.07, 6.45) is 9.04. The molecule has 12 aromatic rings. The predicted octanol–water partition coefficient (Wildman–Crippen LogP) is 21.0. The molecular weight excluding hydrogens is 941 g/mol. The third-order valence-corrected chi connectivity index (χ3v) is 16.8. The van der Waals surface area contributed by atoms with Crippen LogP contribution in [0.1, 0.15) is 72.2 Å². The van der Waals surface area contributed by atoms with Gasteiger partial charge >= 0.3 is 0 Å². The van der Waals surface area contributed by atoms with Gasteiger partial charge in [-0.15, -0.1) is 0 Å². The molecule has 2 aliphatic rings. The van der Waals surface area contributed by atoms with Crippen molar-refractivity contribution < 1.29 is 0 Å². The minimum atomic E-state index is -0.181. The molecule has 0 atom stereocenters. The van der Waals surface area contributed by atoms with Crippen LogP contribution in [0.4, 0.5) is 34.1 Å². The summed E-state index contributed by atoms with van der Waals surface area (Å²) in [6, 6.07) is 93.7. The van der Waals surface area contributed by atoms with Gasteiger partial charge in [0.05, 0.1) is 11.4 Å². The molecule has 0 unspecified atom stereocenters. The van der Waals surface area contributed by atoms with E-state index in [4.69, 9.17) is 0 Å². The fraction of sp³-hybridized carbons (Fsp3) is 0.0789. The Morgan fingerprint density at radius 2 is 0.590 bits per heavy atom. The topological polar surface area (TPSA) is 6.48 Å². The van der Waals surface area contributed by atoms with Gasteiger partial charge in [0.25, 0.3) is 0 Å². The Labute approximate surface area is 458 Å². The van der Waals surface area contributed by atoms with Gasteiger partial charge in [0.15, 0.2) is 0 Å². The lowest BCUT2D eigenvalue weighted by molar-refractivity contribution is 0.660. The van der Waals surface area contributed by atoms with Crippen molar-refractivity contribution in [2.75, 3.05) is 9.80 Å². The molecule has 0 saturated heterocycles. The molecule has 0 amide bonds. The molecule has 0 radical (unpaired) electrons. The van der Waals surface area contributed by atoms with Crippen molar-refractivity contribution in [1.29, 1.82) is 0 Å². The SMILES string of the molecule is CC1(C)c2cc(/C=C/c3ccc4cc(/C=C/c5ccc6c(c5)C(C)(C)c5cc(N(c7ccccc7)c7cccc8ccccc78)ccc5-6)ccc4c3)ccc2-c2ccc(N(c3ccccc3)c3cccc4ccccc34)cc21. The molecule has 0 N–H and O–H groups in total. The van der Waals surface area contributed by atoms with E-state index in [0.717, 1.165) is 22.7 Å². The van der Waals surface area contributed by atoms with Crippen molar-refractivity contribution in [2.45, 2.75) is 38.5 Å². The maximum absolute atomic E-state index is 2.42. The van der Waals surface area contributed by atoms with Crippen LogP contribution >= 0.6 is 0 Å². The standard InChI is InChI=1S/C76H58N2/c1-75(2)69-47-53(35-41-65(69)67-43-39-61(49-71(67)75)77(59-21-7-5-8-22-59)73-27-15-19-55-17-11-13-25-63(55)73)31-29-51-33-37-58-46-52(34-38-57(58)45-51)30-32-54-36-42-66-68-44-40-62(50-72(68)76(3,4)70(66)48-54)78(60-23-9-6-10-24-60)74-28-16-20-56-18-12-14-26-64(56)74/h5-50H,1-4H3/b31-29+,32-30+. The van der Waals surface area contributed by atoms with Crippen molar-refractivity contribution in [3.05, 3.63) is 299 Å². The largest absolute Gasteiger partial charge is 0.310 e. The van der Waals surface area contributed by atoms with Crippen molar-refractivity contribution in [1.82, 2.24) is 0 Å². The number of para-hydroxylation sites is 2. The first-order valence-corrected chi connectivity index (χ1v) is 27.3. The molecule has 0 saturated carbocycles. The highest BCUT2D eigenvalue weighted by molar-refractivity contribution is 6.01. The molecule has 14 rings (SSSR count). The van der Waals surface area contributed by atoms with Crippen molar-refractivity contribution >= 4 is 90.7 Å². The highest BCUT2D eigenvalue weighted by Gasteiger charge is 2.38. The lowest BCUT2D eigenvalue weighted by Gasteiger charge is -2.29. The zero-order valence-electron chi connectivity index (χ0n) is 44.5. The Morgan fingerprint density at radius 1 is 0.256 bits per heavy atom. The second-order valence-corrected chi connectivity index (χ2v) is 22.2. The van der Waals surface area contributed by atoms with Gasteiger partial charge in [0.2, 0.25) is 0 Å². The van der Waals surface area contributed by atoms with Crippen LogP contribution in [0.3, 0.4) is 0 Å². The van der Waals surface area contributed by atoms with E-state index in [0.29, 0.717) is 0 Å². The van der Waals surface area contributed by atoms with Gasteiger partial charge in [0.1, 0.15) is 0 Å².